The van der Waals surface area contributed by atoms with E-state index < -0.39 is 0 Å². The molecule has 2 nitrogen and oxygen atoms in total. The van der Waals surface area contributed by atoms with Crippen LogP contribution in [-0.4, -0.2) is 12.6 Å². The maximum atomic E-state index is 5.93. The van der Waals surface area contributed by atoms with Crippen molar-refractivity contribution < 1.29 is 0 Å². The minimum absolute atomic E-state index is 0.260. The van der Waals surface area contributed by atoms with Crippen LogP contribution in [0.5, 0.6) is 0 Å². The van der Waals surface area contributed by atoms with Crippen molar-refractivity contribution >= 4 is 11.3 Å². The van der Waals surface area contributed by atoms with E-state index in [0.717, 1.165) is 13.1 Å². The van der Waals surface area contributed by atoms with Crippen molar-refractivity contribution in [1.29, 1.82) is 0 Å². The SMILES string of the molecule is Cc1ccc(CNCC(N)C(C)C)s1. The van der Waals surface area contributed by atoms with E-state index >= 15 is 0 Å². The Balaban J connectivity index is 2.22. The molecule has 3 heteroatoms. The molecule has 0 bridgehead atoms. The van der Waals surface area contributed by atoms with Crippen molar-refractivity contribution in [2.75, 3.05) is 6.54 Å². The molecule has 0 amide bonds. The third-order valence-electron chi connectivity index (χ3n) is 2.33. The first-order valence-electron chi connectivity index (χ1n) is 5.11. The first-order chi connectivity index (χ1) is 6.59. The number of aryl methyl sites for hydroxylation is 1. The van der Waals surface area contributed by atoms with E-state index in [9.17, 15) is 0 Å². The van der Waals surface area contributed by atoms with Gasteiger partial charge in [-0.25, -0.2) is 0 Å². The Kier molecular flexibility index (Phi) is 4.58. The summed E-state index contributed by atoms with van der Waals surface area (Å²) in [5.74, 6) is 0.549. The summed E-state index contributed by atoms with van der Waals surface area (Å²) in [6, 6.07) is 4.59. The number of hydrogen-bond donors (Lipinski definition) is 2. The topological polar surface area (TPSA) is 38.0 Å². The van der Waals surface area contributed by atoms with E-state index in [-0.39, 0.29) is 6.04 Å². The second-order valence-corrected chi connectivity index (χ2v) is 5.42. The van der Waals surface area contributed by atoms with E-state index in [1.807, 2.05) is 11.3 Å². The Morgan fingerprint density at radius 1 is 1.43 bits per heavy atom. The van der Waals surface area contributed by atoms with Gasteiger partial charge in [-0.05, 0) is 25.0 Å². The quantitative estimate of drug-likeness (QED) is 0.784. The fourth-order valence-corrected chi connectivity index (χ4v) is 2.04. The molecule has 1 atom stereocenters. The number of hydrogen-bond acceptors (Lipinski definition) is 3. The largest absolute Gasteiger partial charge is 0.326 e. The van der Waals surface area contributed by atoms with Gasteiger partial charge in [0.1, 0.15) is 0 Å². The third-order valence-corrected chi connectivity index (χ3v) is 3.33. The lowest BCUT2D eigenvalue weighted by Crippen LogP contribution is -2.37. The highest BCUT2D eigenvalue weighted by Crippen LogP contribution is 2.14. The molecule has 1 aromatic rings. The molecular formula is C11H20N2S. The molecule has 0 aliphatic carbocycles. The van der Waals surface area contributed by atoms with Gasteiger partial charge in [-0.15, -0.1) is 11.3 Å². The van der Waals surface area contributed by atoms with E-state index in [1.165, 1.54) is 9.75 Å². The van der Waals surface area contributed by atoms with Gasteiger partial charge in [0.2, 0.25) is 0 Å². The molecule has 1 unspecified atom stereocenters. The molecule has 0 aliphatic rings. The Labute approximate surface area is 90.5 Å². The molecule has 14 heavy (non-hydrogen) atoms. The van der Waals surface area contributed by atoms with Gasteiger partial charge in [-0.2, -0.15) is 0 Å². The molecule has 1 aromatic heterocycles. The molecule has 3 N–H and O–H groups in total. The molecule has 80 valence electrons. The average molecular weight is 212 g/mol. The molecule has 0 spiro atoms. The van der Waals surface area contributed by atoms with Crippen molar-refractivity contribution in [1.82, 2.24) is 5.32 Å². The summed E-state index contributed by atoms with van der Waals surface area (Å²) in [7, 11) is 0. The summed E-state index contributed by atoms with van der Waals surface area (Å²) >= 11 is 1.84. The van der Waals surface area contributed by atoms with Crippen LogP contribution >= 0.6 is 11.3 Å². The van der Waals surface area contributed by atoms with Gasteiger partial charge in [0.05, 0.1) is 0 Å². The van der Waals surface area contributed by atoms with E-state index in [2.05, 4.69) is 38.2 Å². The molecule has 0 fully saturated rings. The zero-order valence-corrected chi connectivity index (χ0v) is 10.0. The van der Waals surface area contributed by atoms with Crippen LogP contribution in [0, 0.1) is 12.8 Å². The number of thiophene rings is 1. The van der Waals surface area contributed by atoms with Crippen LogP contribution in [0.4, 0.5) is 0 Å². The summed E-state index contributed by atoms with van der Waals surface area (Å²) in [6.45, 7) is 8.28. The molecule has 0 saturated carbocycles. The van der Waals surface area contributed by atoms with Crippen LogP contribution < -0.4 is 11.1 Å². The Bertz CT molecular complexity index is 268. The minimum atomic E-state index is 0.260. The third kappa shape index (κ3) is 3.78. The zero-order valence-electron chi connectivity index (χ0n) is 9.21. The highest BCUT2D eigenvalue weighted by Gasteiger charge is 2.06. The van der Waals surface area contributed by atoms with E-state index in [1.54, 1.807) is 0 Å². The van der Waals surface area contributed by atoms with E-state index in [0.29, 0.717) is 5.92 Å². The van der Waals surface area contributed by atoms with Crippen molar-refractivity contribution in [3.63, 3.8) is 0 Å². The van der Waals surface area contributed by atoms with Crippen molar-refractivity contribution in [2.24, 2.45) is 11.7 Å². The summed E-state index contributed by atoms with van der Waals surface area (Å²) in [5.41, 5.74) is 5.93. The van der Waals surface area contributed by atoms with Gasteiger partial charge in [0.25, 0.3) is 0 Å². The Morgan fingerprint density at radius 2 is 2.14 bits per heavy atom. The summed E-state index contributed by atoms with van der Waals surface area (Å²) in [5, 5.41) is 3.38. The molecule has 1 heterocycles. The van der Waals surface area contributed by atoms with Crippen LogP contribution in [0.1, 0.15) is 23.6 Å². The minimum Gasteiger partial charge on any atom is -0.326 e. The van der Waals surface area contributed by atoms with Crippen LogP contribution in [0.3, 0.4) is 0 Å². The second-order valence-electron chi connectivity index (χ2n) is 4.05. The van der Waals surface area contributed by atoms with Crippen LogP contribution in [0.15, 0.2) is 12.1 Å². The lowest BCUT2D eigenvalue weighted by Gasteiger charge is -2.15. The monoisotopic (exact) mass is 212 g/mol. The first-order valence-corrected chi connectivity index (χ1v) is 5.93. The molecular weight excluding hydrogens is 192 g/mol. The number of rotatable bonds is 5. The Morgan fingerprint density at radius 3 is 2.64 bits per heavy atom. The molecule has 1 rings (SSSR count). The fraction of sp³-hybridized carbons (Fsp3) is 0.636. The number of nitrogens with two attached hydrogens (primary N) is 1. The van der Waals surface area contributed by atoms with Crippen molar-refractivity contribution in [3.8, 4) is 0 Å². The second kappa shape index (κ2) is 5.49. The Hall–Kier alpha value is -0.380. The van der Waals surface area contributed by atoms with Gasteiger partial charge in [-0.3, -0.25) is 0 Å². The van der Waals surface area contributed by atoms with Gasteiger partial charge in [0, 0.05) is 28.9 Å². The van der Waals surface area contributed by atoms with Crippen molar-refractivity contribution in [2.45, 2.75) is 33.4 Å². The maximum absolute atomic E-state index is 5.93. The molecule has 0 saturated heterocycles. The highest BCUT2D eigenvalue weighted by molar-refractivity contribution is 7.11. The predicted molar refractivity (Wildman–Crippen MR) is 63.6 cm³/mol. The number of nitrogens with one attached hydrogen (secondary N) is 1. The summed E-state index contributed by atoms with van der Waals surface area (Å²) < 4.78 is 0. The van der Waals surface area contributed by atoms with Crippen LogP contribution in [0.25, 0.3) is 0 Å². The summed E-state index contributed by atoms with van der Waals surface area (Å²) in [4.78, 5) is 2.76. The van der Waals surface area contributed by atoms with Crippen LogP contribution in [-0.2, 0) is 6.54 Å². The van der Waals surface area contributed by atoms with Gasteiger partial charge in [0.15, 0.2) is 0 Å². The highest BCUT2D eigenvalue weighted by atomic mass is 32.1. The predicted octanol–water partition coefficient (Wildman–Crippen LogP) is 2.13. The lowest BCUT2D eigenvalue weighted by molar-refractivity contribution is 0.459. The molecule has 0 radical (unpaired) electrons. The van der Waals surface area contributed by atoms with Gasteiger partial charge < -0.3 is 11.1 Å². The molecule has 0 aromatic carbocycles. The zero-order chi connectivity index (χ0) is 10.6. The fourth-order valence-electron chi connectivity index (χ4n) is 1.18. The first kappa shape index (κ1) is 11.7. The van der Waals surface area contributed by atoms with Gasteiger partial charge >= 0.3 is 0 Å². The summed E-state index contributed by atoms with van der Waals surface area (Å²) in [6.07, 6.45) is 0. The van der Waals surface area contributed by atoms with Crippen LogP contribution in [0.2, 0.25) is 0 Å². The maximum Gasteiger partial charge on any atom is 0.0300 e. The normalized spacial score (nSPS) is 13.5. The van der Waals surface area contributed by atoms with Crippen molar-refractivity contribution in [3.05, 3.63) is 21.9 Å². The van der Waals surface area contributed by atoms with Gasteiger partial charge in [-0.1, -0.05) is 13.8 Å². The molecule has 0 aliphatic heterocycles. The average Bonchev–Trinajstić information content (AvgIpc) is 2.51. The van der Waals surface area contributed by atoms with E-state index in [4.69, 9.17) is 5.73 Å². The standard InChI is InChI=1S/C11H20N2S/c1-8(2)11(12)7-13-6-10-5-4-9(3)14-10/h4-5,8,11,13H,6-7,12H2,1-3H3. The smallest absolute Gasteiger partial charge is 0.0300 e. The lowest BCUT2D eigenvalue weighted by atomic mass is 10.1.